The highest BCUT2D eigenvalue weighted by Crippen LogP contribution is 2.26. The van der Waals surface area contributed by atoms with E-state index in [1.54, 1.807) is 0 Å². The molecule has 7 heteroatoms. The summed E-state index contributed by atoms with van der Waals surface area (Å²) in [5.41, 5.74) is 8.40. The number of imidazole rings is 1. The van der Waals surface area contributed by atoms with Crippen LogP contribution < -0.4 is 5.73 Å². The maximum atomic E-state index is 12.6. The van der Waals surface area contributed by atoms with Crippen LogP contribution in [0.2, 0.25) is 0 Å². The molecule has 2 aromatic rings. The number of aromatic amines is 1. The number of thioether (sulfide) groups is 1. The van der Waals surface area contributed by atoms with Crippen LogP contribution in [0.15, 0.2) is 23.4 Å². The number of H-pyrrole nitrogens is 1. The number of aryl methyl sites for hydroxylation is 1. The Kier molecular flexibility index (Phi) is 4.80. The quantitative estimate of drug-likeness (QED) is 0.829. The summed E-state index contributed by atoms with van der Waals surface area (Å²) in [4.78, 5) is 33.4. The third kappa shape index (κ3) is 3.56. The minimum absolute atomic E-state index is 0.0829. The van der Waals surface area contributed by atoms with Gasteiger partial charge in [0.1, 0.15) is 0 Å². The first-order valence-corrected chi connectivity index (χ1v) is 9.03. The molecule has 1 aromatic heterocycles. The fourth-order valence-corrected chi connectivity index (χ4v) is 3.92. The van der Waals surface area contributed by atoms with Crippen molar-refractivity contribution in [3.8, 4) is 0 Å². The van der Waals surface area contributed by atoms with Gasteiger partial charge in [0.25, 0.3) is 0 Å². The van der Waals surface area contributed by atoms with E-state index in [4.69, 9.17) is 5.73 Å². The number of likely N-dealkylation sites (tertiary alicyclic amines) is 1. The van der Waals surface area contributed by atoms with Gasteiger partial charge in [-0.1, -0.05) is 17.8 Å². The number of carbonyl (C=O) groups is 2. The Balaban J connectivity index is 1.62. The molecule has 0 bridgehead atoms. The highest BCUT2D eigenvalue weighted by Gasteiger charge is 2.29. The van der Waals surface area contributed by atoms with E-state index in [0.717, 1.165) is 16.2 Å². The van der Waals surface area contributed by atoms with Crippen molar-refractivity contribution >= 4 is 34.6 Å². The third-order valence-electron chi connectivity index (χ3n) is 4.46. The summed E-state index contributed by atoms with van der Waals surface area (Å²) in [7, 11) is 0. The van der Waals surface area contributed by atoms with Gasteiger partial charge in [0.2, 0.25) is 11.8 Å². The van der Waals surface area contributed by atoms with Crippen LogP contribution in [0, 0.1) is 12.8 Å². The van der Waals surface area contributed by atoms with Gasteiger partial charge in [-0.2, -0.15) is 0 Å². The summed E-state index contributed by atoms with van der Waals surface area (Å²) in [6.07, 6.45) is 1.31. The van der Waals surface area contributed by atoms with Crippen molar-refractivity contribution in [2.45, 2.75) is 37.1 Å². The smallest absolute Gasteiger partial charge is 0.235 e. The Labute approximate surface area is 145 Å². The second-order valence-corrected chi connectivity index (χ2v) is 7.65. The molecule has 0 aliphatic carbocycles. The summed E-state index contributed by atoms with van der Waals surface area (Å²) < 4.78 is 0. The molecular formula is C17H22N4O2S. The first-order chi connectivity index (χ1) is 11.4. The van der Waals surface area contributed by atoms with Crippen molar-refractivity contribution in [1.82, 2.24) is 14.9 Å². The highest BCUT2D eigenvalue weighted by molar-refractivity contribution is 8.00. The molecule has 1 atom stereocenters. The summed E-state index contributed by atoms with van der Waals surface area (Å²) in [5.74, 6) is -0.280. The van der Waals surface area contributed by atoms with E-state index in [1.165, 1.54) is 17.3 Å². The third-order valence-corrected chi connectivity index (χ3v) is 5.43. The number of hydrogen-bond acceptors (Lipinski definition) is 4. The molecule has 24 heavy (non-hydrogen) atoms. The van der Waals surface area contributed by atoms with Crippen molar-refractivity contribution in [3.05, 3.63) is 23.8 Å². The predicted molar refractivity (Wildman–Crippen MR) is 94.6 cm³/mol. The molecule has 1 saturated heterocycles. The van der Waals surface area contributed by atoms with Crippen LogP contribution in [0.4, 0.5) is 0 Å². The van der Waals surface area contributed by atoms with Crippen molar-refractivity contribution < 1.29 is 9.59 Å². The van der Waals surface area contributed by atoms with Crippen molar-refractivity contribution in [2.24, 2.45) is 11.7 Å². The number of rotatable bonds is 4. The molecule has 1 aliphatic heterocycles. The number of aromatic nitrogens is 2. The van der Waals surface area contributed by atoms with Crippen LogP contribution in [-0.4, -0.2) is 45.0 Å². The fourth-order valence-electron chi connectivity index (χ4n) is 3.02. The monoisotopic (exact) mass is 346 g/mol. The molecule has 1 fully saturated rings. The molecule has 0 spiro atoms. The van der Waals surface area contributed by atoms with Crippen molar-refractivity contribution in [2.75, 3.05) is 13.1 Å². The average molecular weight is 346 g/mol. The zero-order valence-electron chi connectivity index (χ0n) is 13.9. The standard InChI is InChI=1S/C17H22N4O2S/c1-10-3-4-13-14(9-10)20-17(19-13)24-11(2)16(23)21-7-5-12(6-8-21)15(18)22/h3-4,9,11-12H,5-8H2,1-2H3,(H2,18,22)(H,19,20). The second kappa shape index (κ2) is 6.84. The van der Waals surface area contributed by atoms with Gasteiger partial charge >= 0.3 is 0 Å². The molecule has 3 rings (SSSR count). The minimum Gasteiger partial charge on any atom is -0.369 e. The van der Waals surface area contributed by atoms with Crippen LogP contribution in [-0.2, 0) is 9.59 Å². The number of benzene rings is 1. The first kappa shape index (κ1) is 16.8. The summed E-state index contributed by atoms with van der Waals surface area (Å²) in [5, 5.41) is 0.528. The molecule has 0 radical (unpaired) electrons. The molecule has 1 unspecified atom stereocenters. The molecule has 0 saturated carbocycles. The molecular weight excluding hydrogens is 324 g/mol. The van der Waals surface area contributed by atoms with Gasteiger partial charge in [-0.15, -0.1) is 0 Å². The van der Waals surface area contributed by atoms with Gasteiger partial charge in [-0.3, -0.25) is 9.59 Å². The van der Waals surface area contributed by atoms with Crippen molar-refractivity contribution in [1.29, 1.82) is 0 Å². The van der Waals surface area contributed by atoms with E-state index >= 15 is 0 Å². The van der Waals surface area contributed by atoms with Gasteiger partial charge in [0, 0.05) is 19.0 Å². The largest absolute Gasteiger partial charge is 0.369 e. The Morgan fingerprint density at radius 2 is 2.08 bits per heavy atom. The SMILES string of the molecule is Cc1ccc2nc(SC(C)C(=O)N3CCC(C(N)=O)CC3)[nH]c2c1. The molecule has 3 N–H and O–H groups in total. The molecule has 2 amide bonds. The highest BCUT2D eigenvalue weighted by atomic mass is 32.2. The van der Waals surface area contributed by atoms with Gasteiger partial charge in [-0.25, -0.2) is 4.98 Å². The maximum Gasteiger partial charge on any atom is 0.235 e. The molecule has 2 heterocycles. The normalized spacial score (nSPS) is 17.2. The van der Waals surface area contributed by atoms with Crippen LogP contribution in [0.25, 0.3) is 11.0 Å². The number of hydrogen-bond donors (Lipinski definition) is 2. The van der Waals surface area contributed by atoms with Crippen LogP contribution in [0.1, 0.15) is 25.3 Å². The maximum absolute atomic E-state index is 12.6. The van der Waals surface area contributed by atoms with E-state index in [-0.39, 0.29) is 23.0 Å². The Morgan fingerprint density at radius 3 is 2.75 bits per heavy atom. The number of primary amides is 1. The number of fused-ring (bicyclic) bond motifs is 1. The van der Waals surface area contributed by atoms with E-state index < -0.39 is 0 Å². The van der Waals surface area contributed by atoms with Crippen LogP contribution in [0.3, 0.4) is 0 Å². The van der Waals surface area contributed by atoms with Gasteiger partial charge in [0.05, 0.1) is 16.3 Å². The summed E-state index contributed by atoms with van der Waals surface area (Å²) >= 11 is 1.43. The summed E-state index contributed by atoms with van der Waals surface area (Å²) in [6, 6.07) is 6.05. The van der Waals surface area contributed by atoms with Crippen LogP contribution >= 0.6 is 11.8 Å². The fraction of sp³-hybridized carbons (Fsp3) is 0.471. The van der Waals surface area contributed by atoms with E-state index in [0.29, 0.717) is 25.9 Å². The summed E-state index contributed by atoms with van der Waals surface area (Å²) in [6.45, 7) is 5.12. The molecule has 6 nitrogen and oxygen atoms in total. The Bertz CT molecular complexity index is 765. The topological polar surface area (TPSA) is 92.1 Å². The first-order valence-electron chi connectivity index (χ1n) is 8.15. The van der Waals surface area contributed by atoms with E-state index in [2.05, 4.69) is 9.97 Å². The Hall–Kier alpha value is -2.02. The molecule has 1 aliphatic rings. The second-order valence-electron chi connectivity index (χ2n) is 6.32. The minimum atomic E-state index is -0.262. The number of amides is 2. The number of carbonyl (C=O) groups excluding carboxylic acids is 2. The lowest BCUT2D eigenvalue weighted by molar-refractivity contribution is -0.134. The lowest BCUT2D eigenvalue weighted by Crippen LogP contribution is -2.44. The van der Waals surface area contributed by atoms with Gasteiger partial charge in [-0.05, 0) is 44.4 Å². The zero-order chi connectivity index (χ0) is 17.3. The number of nitrogens with two attached hydrogens (primary N) is 1. The number of piperidine rings is 1. The van der Waals surface area contributed by atoms with Gasteiger partial charge in [0.15, 0.2) is 5.16 Å². The number of nitrogens with one attached hydrogen (secondary N) is 1. The number of nitrogens with zero attached hydrogens (tertiary/aromatic N) is 2. The van der Waals surface area contributed by atoms with Crippen LogP contribution in [0.5, 0.6) is 0 Å². The van der Waals surface area contributed by atoms with E-state index in [1.807, 2.05) is 36.9 Å². The molecule has 1 aromatic carbocycles. The molecule has 128 valence electrons. The van der Waals surface area contributed by atoms with Crippen molar-refractivity contribution in [3.63, 3.8) is 0 Å². The predicted octanol–water partition coefficient (Wildman–Crippen LogP) is 2.08. The average Bonchev–Trinajstić information content (AvgIpc) is 2.95. The lowest BCUT2D eigenvalue weighted by Gasteiger charge is -2.32. The van der Waals surface area contributed by atoms with E-state index in [9.17, 15) is 9.59 Å². The van der Waals surface area contributed by atoms with Gasteiger partial charge < -0.3 is 15.6 Å². The Morgan fingerprint density at radius 1 is 1.38 bits per heavy atom. The zero-order valence-corrected chi connectivity index (χ0v) is 14.7. The lowest BCUT2D eigenvalue weighted by atomic mass is 9.96.